The predicted octanol–water partition coefficient (Wildman–Crippen LogP) is 1.51. The van der Waals surface area contributed by atoms with Crippen molar-refractivity contribution in [3.63, 3.8) is 0 Å². The van der Waals surface area contributed by atoms with Crippen molar-refractivity contribution < 1.29 is 13.9 Å². The van der Waals surface area contributed by atoms with Gasteiger partial charge in [0, 0.05) is 31.3 Å². The van der Waals surface area contributed by atoms with Crippen LogP contribution in [0, 0.1) is 11.6 Å². The van der Waals surface area contributed by atoms with Crippen LogP contribution in [0.5, 0.6) is 0 Å². The first-order valence-corrected chi connectivity index (χ1v) is 6.70. The number of halogens is 2. The van der Waals surface area contributed by atoms with Crippen molar-refractivity contribution in [2.75, 3.05) is 26.2 Å². The largest absolute Gasteiger partial charge is 0.390 e. The van der Waals surface area contributed by atoms with Crippen molar-refractivity contribution in [2.45, 2.75) is 25.5 Å². The Balaban J connectivity index is 1.70. The Morgan fingerprint density at radius 2 is 2.00 bits per heavy atom. The summed E-state index contributed by atoms with van der Waals surface area (Å²) in [4.78, 5) is 2.23. The molecule has 0 aromatic heterocycles. The van der Waals surface area contributed by atoms with Crippen LogP contribution in [0.25, 0.3) is 0 Å². The molecule has 3 nitrogen and oxygen atoms in total. The van der Waals surface area contributed by atoms with Crippen molar-refractivity contribution in [1.29, 1.82) is 0 Å². The van der Waals surface area contributed by atoms with E-state index in [0.29, 0.717) is 25.2 Å². The monoisotopic (exact) mass is 270 g/mol. The van der Waals surface area contributed by atoms with Crippen LogP contribution in [0.4, 0.5) is 8.78 Å². The molecule has 1 saturated heterocycles. The second kappa shape index (κ2) is 6.93. The van der Waals surface area contributed by atoms with Gasteiger partial charge in [-0.2, -0.15) is 0 Å². The van der Waals surface area contributed by atoms with Crippen LogP contribution >= 0.6 is 0 Å². The molecule has 0 spiro atoms. The van der Waals surface area contributed by atoms with Gasteiger partial charge >= 0.3 is 0 Å². The van der Waals surface area contributed by atoms with Gasteiger partial charge in [-0.3, -0.25) is 0 Å². The molecule has 0 aliphatic carbocycles. The maximum Gasteiger partial charge on any atom is 0.130 e. The molecule has 1 unspecified atom stereocenters. The molecule has 1 aliphatic heterocycles. The molecule has 19 heavy (non-hydrogen) atoms. The molecule has 1 aromatic rings. The summed E-state index contributed by atoms with van der Waals surface area (Å²) in [6.07, 6.45) is 1.93. The minimum Gasteiger partial charge on any atom is -0.390 e. The van der Waals surface area contributed by atoms with E-state index in [0.717, 1.165) is 19.2 Å². The minimum absolute atomic E-state index is 0.295. The molecule has 1 atom stereocenters. The molecule has 0 radical (unpaired) electrons. The van der Waals surface area contributed by atoms with Crippen LogP contribution in [0.3, 0.4) is 0 Å². The number of likely N-dealkylation sites (tertiary alicyclic amines) is 1. The van der Waals surface area contributed by atoms with Gasteiger partial charge in [-0.15, -0.1) is 0 Å². The van der Waals surface area contributed by atoms with Gasteiger partial charge < -0.3 is 15.3 Å². The molecule has 0 amide bonds. The highest BCUT2D eigenvalue weighted by molar-refractivity contribution is 5.18. The lowest BCUT2D eigenvalue weighted by atomic mass is 10.2. The van der Waals surface area contributed by atoms with E-state index in [9.17, 15) is 13.9 Å². The Morgan fingerprint density at radius 3 is 2.68 bits per heavy atom. The number of nitrogens with zero attached hydrogens (tertiary/aromatic N) is 1. The van der Waals surface area contributed by atoms with Crippen LogP contribution < -0.4 is 5.32 Å². The standard InChI is InChI=1S/C14H20F2N2O/c15-12-4-3-11(14(16)7-12)8-17-9-13(19)10-18-5-1-2-6-18/h3-4,7,13,17,19H,1-2,5-6,8-10H2. The SMILES string of the molecule is OC(CNCc1ccc(F)cc1F)CN1CCCC1. The Bertz CT molecular complexity index is 408. The Labute approximate surface area is 112 Å². The molecular weight excluding hydrogens is 250 g/mol. The summed E-state index contributed by atoms with van der Waals surface area (Å²) in [6.45, 7) is 3.45. The molecular formula is C14H20F2N2O. The van der Waals surface area contributed by atoms with Crippen LogP contribution in [-0.4, -0.2) is 42.3 Å². The number of aliphatic hydroxyl groups is 1. The lowest BCUT2D eigenvalue weighted by Crippen LogP contribution is -2.36. The van der Waals surface area contributed by atoms with E-state index in [1.807, 2.05) is 0 Å². The molecule has 1 fully saturated rings. The van der Waals surface area contributed by atoms with E-state index in [1.54, 1.807) is 0 Å². The molecule has 1 aliphatic rings. The number of rotatable bonds is 6. The van der Waals surface area contributed by atoms with Gasteiger partial charge in [0.25, 0.3) is 0 Å². The predicted molar refractivity (Wildman–Crippen MR) is 69.7 cm³/mol. The summed E-state index contributed by atoms with van der Waals surface area (Å²) in [6, 6.07) is 3.53. The quantitative estimate of drug-likeness (QED) is 0.822. The molecule has 2 N–H and O–H groups in total. The highest BCUT2D eigenvalue weighted by atomic mass is 19.1. The third-order valence-electron chi connectivity index (χ3n) is 3.38. The van der Waals surface area contributed by atoms with Gasteiger partial charge in [-0.05, 0) is 32.0 Å². The van der Waals surface area contributed by atoms with Crippen LogP contribution in [-0.2, 0) is 6.54 Å². The first-order chi connectivity index (χ1) is 9.15. The molecule has 2 rings (SSSR count). The van der Waals surface area contributed by atoms with Gasteiger partial charge in [0.05, 0.1) is 6.10 Å². The van der Waals surface area contributed by atoms with E-state index in [4.69, 9.17) is 0 Å². The van der Waals surface area contributed by atoms with Crippen molar-refractivity contribution >= 4 is 0 Å². The van der Waals surface area contributed by atoms with E-state index in [-0.39, 0.29) is 0 Å². The van der Waals surface area contributed by atoms with Gasteiger partial charge in [-0.1, -0.05) is 6.07 Å². The number of hydrogen-bond donors (Lipinski definition) is 2. The zero-order valence-electron chi connectivity index (χ0n) is 10.9. The fraction of sp³-hybridized carbons (Fsp3) is 0.571. The van der Waals surface area contributed by atoms with E-state index in [1.165, 1.54) is 25.0 Å². The average Bonchev–Trinajstić information content (AvgIpc) is 2.84. The highest BCUT2D eigenvalue weighted by Crippen LogP contribution is 2.09. The smallest absolute Gasteiger partial charge is 0.130 e. The summed E-state index contributed by atoms with van der Waals surface area (Å²) in [5.74, 6) is -1.13. The summed E-state index contributed by atoms with van der Waals surface area (Å²) in [5, 5.41) is 12.8. The molecule has 106 valence electrons. The van der Waals surface area contributed by atoms with Gasteiger partial charge in [0.2, 0.25) is 0 Å². The fourth-order valence-corrected chi connectivity index (χ4v) is 2.37. The van der Waals surface area contributed by atoms with E-state index in [2.05, 4.69) is 10.2 Å². The topological polar surface area (TPSA) is 35.5 Å². The molecule has 1 aromatic carbocycles. The second-order valence-corrected chi connectivity index (χ2v) is 5.03. The first kappa shape index (κ1) is 14.4. The zero-order valence-corrected chi connectivity index (χ0v) is 10.9. The van der Waals surface area contributed by atoms with Crippen LogP contribution in [0.15, 0.2) is 18.2 Å². The lowest BCUT2D eigenvalue weighted by molar-refractivity contribution is 0.123. The molecule has 1 heterocycles. The van der Waals surface area contributed by atoms with Gasteiger partial charge in [0.1, 0.15) is 11.6 Å². The summed E-state index contributed by atoms with van der Waals surface area (Å²) in [7, 11) is 0. The number of hydrogen-bond acceptors (Lipinski definition) is 3. The van der Waals surface area contributed by atoms with Gasteiger partial charge in [0.15, 0.2) is 0 Å². The van der Waals surface area contributed by atoms with E-state index < -0.39 is 17.7 Å². The van der Waals surface area contributed by atoms with E-state index >= 15 is 0 Å². The van der Waals surface area contributed by atoms with Crippen LogP contribution in [0.2, 0.25) is 0 Å². The van der Waals surface area contributed by atoms with Crippen molar-refractivity contribution in [3.8, 4) is 0 Å². The molecule has 0 bridgehead atoms. The lowest BCUT2D eigenvalue weighted by Gasteiger charge is -2.19. The number of β-amino-alcohol motifs (C(OH)–C–C–N with tert-alkyl or cyclic N) is 1. The molecule has 0 saturated carbocycles. The Morgan fingerprint density at radius 1 is 1.26 bits per heavy atom. The van der Waals surface area contributed by atoms with Crippen molar-refractivity contribution in [3.05, 3.63) is 35.4 Å². The zero-order chi connectivity index (χ0) is 13.7. The normalized spacial score (nSPS) is 17.8. The van der Waals surface area contributed by atoms with Crippen molar-refractivity contribution in [1.82, 2.24) is 10.2 Å². The molecule has 5 heteroatoms. The van der Waals surface area contributed by atoms with Crippen LogP contribution in [0.1, 0.15) is 18.4 Å². The third-order valence-corrected chi connectivity index (χ3v) is 3.38. The minimum atomic E-state index is -0.574. The summed E-state index contributed by atoms with van der Waals surface area (Å²) >= 11 is 0. The number of benzene rings is 1. The first-order valence-electron chi connectivity index (χ1n) is 6.70. The highest BCUT2D eigenvalue weighted by Gasteiger charge is 2.15. The summed E-state index contributed by atoms with van der Waals surface area (Å²) < 4.78 is 26.1. The fourth-order valence-electron chi connectivity index (χ4n) is 2.37. The summed E-state index contributed by atoms with van der Waals surface area (Å²) in [5.41, 5.74) is 0.412. The number of aliphatic hydroxyl groups excluding tert-OH is 1. The van der Waals surface area contributed by atoms with Gasteiger partial charge in [-0.25, -0.2) is 8.78 Å². The van der Waals surface area contributed by atoms with Crippen molar-refractivity contribution in [2.24, 2.45) is 0 Å². The number of nitrogens with one attached hydrogen (secondary N) is 1. The second-order valence-electron chi connectivity index (χ2n) is 5.03. The third kappa shape index (κ3) is 4.53. The maximum atomic E-state index is 13.4. The maximum absolute atomic E-state index is 13.4. The Kier molecular flexibility index (Phi) is 5.24. The Hall–Kier alpha value is -1.04. The average molecular weight is 270 g/mol.